The van der Waals surface area contributed by atoms with Gasteiger partial charge < -0.3 is 10.6 Å². The van der Waals surface area contributed by atoms with Gasteiger partial charge in [-0.05, 0) is 68.2 Å². The van der Waals surface area contributed by atoms with Gasteiger partial charge in [0.05, 0.1) is 11.5 Å². The van der Waals surface area contributed by atoms with E-state index in [9.17, 15) is 14.0 Å². The lowest BCUT2D eigenvalue weighted by Gasteiger charge is -2.28. The fraction of sp³-hybridized carbons (Fsp3) is 0.579. The smallest absolute Gasteiger partial charge is 0.234 e. The van der Waals surface area contributed by atoms with Crippen LogP contribution in [0.1, 0.15) is 32.6 Å². The molecule has 136 valence electrons. The number of carbonyl (C=O) groups excluding carboxylic acids is 2. The maximum absolute atomic E-state index is 12.8. The van der Waals surface area contributed by atoms with E-state index in [4.69, 9.17) is 0 Å². The SMILES string of the molecule is CC(NC(=O)CSCC(=O)Nc1ccc(F)cc1)C1CC2CCC1C2. The van der Waals surface area contributed by atoms with Crippen LogP contribution in [0.2, 0.25) is 0 Å². The fourth-order valence-electron chi connectivity index (χ4n) is 4.28. The molecule has 4 nitrogen and oxygen atoms in total. The number of thioether (sulfide) groups is 1. The number of hydrogen-bond acceptors (Lipinski definition) is 3. The Labute approximate surface area is 152 Å². The van der Waals surface area contributed by atoms with E-state index < -0.39 is 0 Å². The summed E-state index contributed by atoms with van der Waals surface area (Å²) in [5.74, 6) is 2.23. The number of rotatable bonds is 7. The van der Waals surface area contributed by atoms with E-state index in [1.165, 1.54) is 61.7 Å². The highest BCUT2D eigenvalue weighted by Crippen LogP contribution is 2.49. The van der Waals surface area contributed by atoms with Crippen LogP contribution in [0.5, 0.6) is 0 Å². The highest BCUT2D eigenvalue weighted by Gasteiger charge is 2.42. The summed E-state index contributed by atoms with van der Waals surface area (Å²) in [4.78, 5) is 23.9. The first-order valence-electron chi connectivity index (χ1n) is 8.94. The molecule has 4 unspecified atom stereocenters. The Bertz CT molecular complexity index is 622. The van der Waals surface area contributed by atoms with Gasteiger partial charge in [0.2, 0.25) is 11.8 Å². The molecule has 0 aromatic heterocycles. The Hall–Kier alpha value is -1.56. The zero-order chi connectivity index (χ0) is 17.8. The summed E-state index contributed by atoms with van der Waals surface area (Å²) in [6.07, 6.45) is 5.26. The Balaban J connectivity index is 1.33. The first kappa shape index (κ1) is 18.2. The van der Waals surface area contributed by atoms with E-state index in [0.29, 0.717) is 11.6 Å². The van der Waals surface area contributed by atoms with Gasteiger partial charge in [-0.25, -0.2) is 4.39 Å². The van der Waals surface area contributed by atoms with Gasteiger partial charge in [-0.1, -0.05) is 6.42 Å². The Morgan fingerprint density at radius 3 is 2.52 bits per heavy atom. The number of amides is 2. The Kier molecular flexibility index (Phi) is 5.99. The standard InChI is InChI=1S/C19H25FN2O2S/c1-12(17-9-13-2-3-14(17)8-13)21-18(23)10-25-11-19(24)22-16-6-4-15(20)5-7-16/h4-7,12-14,17H,2-3,8-11H2,1H3,(H,21,23)(H,22,24). The number of anilines is 1. The summed E-state index contributed by atoms with van der Waals surface area (Å²) < 4.78 is 12.8. The summed E-state index contributed by atoms with van der Waals surface area (Å²) in [6.45, 7) is 2.11. The summed E-state index contributed by atoms with van der Waals surface area (Å²) in [7, 11) is 0. The largest absolute Gasteiger partial charge is 0.353 e. The van der Waals surface area contributed by atoms with Crippen LogP contribution in [-0.2, 0) is 9.59 Å². The van der Waals surface area contributed by atoms with E-state index in [1.807, 2.05) is 0 Å². The van der Waals surface area contributed by atoms with Crippen molar-refractivity contribution in [2.45, 2.75) is 38.6 Å². The zero-order valence-corrected chi connectivity index (χ0v) is 15.3. The van der Waals surface area contributed by atoms with E-state index in [0.717, 1.165) is 11.8 Å². The fourth-order valence-corrected chi connectivity index (χ4v) is 4.90. The van der Waals surface area contributed by atoms with E-state index in [1.54, 1.807) is 0 Å². The number of nitrogens with one attached hydrogen (secondary N) is 2. The molecule has 1 aromatic carbocycles. The zero-order valence-electron chi connectivity index (χ0n) is 14.5. The molecule has 2 amide bonds. The van der Waals surface area contributed by atoms with Gasteiger partial charge in [-0.2, -0.15) is 0 Å². The van der Waals surface area contributed by atoms with Crippen molar-refractivity contribution in [3.63, 3.8) is 0 Å². The third-order valence-corrected chi connectivity index (χ3v) is 6.35. The van der Waals surface area contributed by atoms with Crippen LogP contribution in [0.3, 0.4) is 0 Å². The summed E-state index contributed by atoms with van der Waals surface area (Å²) in [6, 6.07) is 5.85. The van der Waals surface area contributed by atoms with Crippen molar-refractivity contribution in [2.24, 2.45) is 17.8 Å². The van der Waals surface area contributed by atoms with Crippen LogP contribution in [0.4, 0.5) is 10.1 Å². The maximum atomic E-state index is 12.8. The van der Waals surface area contributed by atoms with E-state index in [2.05, 4.69) is 17.6 Å². The second-order valence-electron chi connectivity index (χ2n) is 7.24. The summed E-state index contributed by atoms with van der Waals surface area (Å²) >= 11 is 1.29. The van der Waals surface area contributed by atoms with Crippen molar-refractivity contribution in [3.05, 3.63) is 30.1 Å². The quantitative estimate of drug-likeness (QED) is 0.779. The minimum absolute atomic E-state index is 0.00476. The maximum Gasteiger partial charge on any atom is 0.234 e. The molecule has 2 aliphatic rings. The lowest BCUT2D eigenvalue weighted by Crippen LogP contribution is -2.41. The Morgan fingerprint density at radius 2 is 1.88 bits per heavy atom. The van der Waals surface area contributed by atoms with Crippen LogP contribution in [0.25, 0.3) is 0 Å². The molecule has 0 aliphatic heterocycles. The van der Waals surface area contributed by atoms with Crippen LogP contribution in [0.15, 0.2) is 24.3 Å². The molecule has 6 heteroatoms. The molecule has 2 saturated carbocycles. The minimum Gasteiger partial charge on any atom is -0.353 e. The second-order valence-corrected chi connectivity index (χ2v) is 8.23. The summed E-state index contributed by atoms with van der Waals surface area (Å²) in [5.41, 5.74) is 0.557. The lowest BCUT2D eigenvalue weighted by molar-refractivity contribution is -0.119. The third-order valence-electron chi connectivity index (χ3n) is 5.42. The van der Waals surface area contributed by atoms with Gasteiger partial charge >= 0.3 is 0 Å². The molecule has 0 saturated heterocycles. The molecule has 2 aliphatic carbocycles. The van der Waals surface area contributed by atoms with Crippen LogP contribution >= 0.6 is 11.8 Å². The monoisotopic (exact) mass is 364 g/mol. The van der Waals surface area contributed by atoms with Crippen molar-refractivity contribution in [1.29, 1.82) is 0 Å². The van der Waals surface area contributed by atoms with Crippen molar-refractivity contribution >= 4 is 29.3 Å². The molecule has 3 rings (SSSR count). The second kappa shape index (κ2) is 8.21. The van der Waals surface area contributed by atoms with Crippen LogP contribution in [0, 0.1) is 23.6 Å². The molecule has 2 N–H and O–H groups in total. The molecule has 0 heterocycles. The number of carbonyl (C=O) groups is 2. The molecule has 2 bridgehead atoms. The average Bonchev–Trinajstić information content (AvgIpc) is 3.20. The normalized spacial score (nSPS) is 25.6. The average molecular weight is 364 g/mol. The van der Waals surface area contributed by atoms with Crippen molar-refractivity contribution in [3.8, 4) is 0 Å². The number of hydrogen-bond donors (Lipinski definition) is 2. The lowest BCUT2D eigenvalue weighted by atomic mass is 9.84. The van der Waals surface area contributed by atoms with Gasteiger partial charge in [-0.3, -0.25) is 9.59 Å². The van der Waals surface area contributed by atoms with Gasteiger partial charge in [0.1, 0.15) is 5.82 Å². The van der Waals surface area contributed by atoms with Crippen LogP contribution in [-0.4, -0.2) is 29.4 Å². The number of fused-ring (bicyclic) bond motifs is 2. The number of benzene rings is 1. The van der Waals surface area contributed by atoms with Crippen molar-refractivity contribution < 1.29 is 14.0 Å². The van der Waals surface area contributed by atoms with Crippen molar-refractivity contribution in [1.82, 2.24) is 5.32 Å². The van der Waals surface area contributed by atoms with Gasteiger partial charge in [0.15, 0.2) is 0 Å². The first-order chi connectivity index (χ1) is 12.0. The highest BCUT2D eigenvalue weighted by atomic mass is 32.2. The molecule has 4 atom stereocenters. The molecule has 1 aromatic rings. The molecular weight excluding hydrogens is 339 g/mol. The van der Waals surface area contributed by atoms with Gasteiger partial charge in [0, 0.05) is 11.7 Å². The molecular formula is C19H25FN2O2S. The highest BCUT2D eigenvalue weighted by molar-refractivity contribution is 8.00. The summed E-state index contributed by atoms with van der Waals surface area (Å²) in [5, 5.41) is 5.79. The minimum atomic E-state index is -0.339. The van der Waals surface area contributed by atoms with Gasteiger partial charge in [-0.15, -0.1) is 11.8 Å². The van der Waals surface area contributed by atoms with E-state index >= 15 is 0 Å². The molecule has 2 fully saturated rings. The predicted molar refractivity (Wildman–Crippen MR) is 98.9 cm³/mol. The third kappa shape index (κ3) is 4.97. The van der Waals surface area contributed by atoms with Crippen molar-refractivity contribution in [2.75, 3.05) is 16.8 Å². The Morgan fingerprint density at radius 1 is 1.16 bits per heavy atom. The molecule has 0 spiro atoms. The molecule has 0 radical (unpaired) electrons. The van der Waals surface area contributed by atoms with E-state index in [-0.39, 0.29) is 35.2 Å². The van der Waals surface area contributed by atoms with Gasteiger partial charge in [0.25, 0.3) is 0 Å². The first-order valence-corrected chi connectivity index (χ1v) is 10.1. The van der Waals surface area contributed by atoms with Crippen LogP contribution < -0.4 is 10.6 Å². The predicted octanol–water partition coefficient (Wildman–Crippen LogP) is 3.44. The topological polar surface area (TPSA) is 58.2 Å². The number of halogens is 1. The molecule has 25 heavy (non-hydrogen) atoms.